The molecule has 4 nitrogen and oxygen atoms in total. The number of carboxylic acid groups (broad SMARTS) is 1. The lowest BCUT2D eigenvalue weighted by Crippen LogP contribution is -2.44. The Hall–Kier alpha value is -1.06. The Kier molecular flexibility index (Phi) is 16.6. The molecule has 0 aromatic carbocycles. The normalized spacial score (nSPS) is 21.6. The van der Waals surface area contributed by atoms with Crippen molar-refractivity contribution >= 4 is 11.9 Å². The number of carboxylic acids is 1. The Morgan fingerprint density at radius 3 is 1.70 bits per heavy atom. The van der Waals surface area contributed by atoms with Crippen LogP contribution >= 0.6 is 0 Å². The summed E-state index contributed by atoms with van der Waals surface area (Å²) in [6.07, 6.45) is 23.7. The summed E-state index contributed by atoms with van der Waals surface area (Å²) < 4.78 is 6.08. The molecule has 0 aliphatic heterocycles. The molecule has 4 heteroatoms. The van der Waals surface area contributed by atoms with E-state index < -0.39 is 17.3 Å². The molecule has 0 saturated heterocycles. The molecule has 1 saturated carbocycles. The topological polar surface area (TPSA) is 63.6 Å². The number of carbonyl (C=O) groups is 2. The van der Waals surface area contributed by atoms with Crippen molar-refractivity contribution in [1.29, 1.82) is 0 Å². The number of hydrogen-bond acceptors (Lipinski definition) is 3. The van der Waals surface area contributed by atoms with Gasteiger partial charge in [0.1, 0.15) is 6.10 Å². The molecular weight excluding hydrogens is 412 g/mol. The summed E-state index contributed by atoms with van der Waals surface area (Å²) in [4.78, 5) is 25.0. The van der Waals surface area contributed by atoms with E-state index >= 15 is 0 Å². The van der Waals surface area contributed by atoms with Gasteiger partial charge in [0.15, 0.2) is 0 Å². The first-order valence-corrected chi connectivity index (χ1v) is 14.4. The van der Waals surface area contributed by atoms with Crippen LogP contribution in [0.15, 0.2) is 0 Å². The summed E-state index contributed by atoms with van der Waals surface area (Å²) in [6.45, 7) is 6.32. The lowest BCUT2D eigenvalue weighted by atomic mass is 9.67. The van der Waals surface area contributed by atoms with E-state index in [0.29, 0.717) is 12.8 Å². The fourth-order valence-electron chi connectivity index (χ4n) is 5.36. The van der Waals surface area contributed by atoms with Gasteiger partial charge in [-0.25, -0.2) is 0 Å². The van der Waals surface area contributed by atoms with Crippen LogP contribution in [-0.2, 0) is 14.3 Å². The van der Waals surface area contributed by atoms with Gasteiger partial charge in [-0.05, 0) is 45.4 Å². The van der Waals surface area contributed by atoms with Crippen LogP contribution in [-0.4, -0.2) is 23.1 Å². The van der Waals surface area contributed by atoms with Crippen LogP contribution in [0.25, 0.3) is 0 Å². The number of ether oxygens (including phenoxy) is 1. The molecule has 3 atom stereocenters. The van der Waals surface area contributed by atoms with Gasteiger partial charge in [0.2, 0.25) is 0 Å². The number of rotatable bonds is 20. The summed E-state index contributed by atoms with van der Waals surface area (Å²) in [5.41, 5.74) is -0.873. The number of carbonyl (C=O) groups excluding carboxylic acids is 1. The average Bonchev–Trinajstić information content (AvgIpc) is 2.79. The Bertz CT molecular complexity index is 518. The third-order valence-electron chi connectivity index (χ3n) is 7.76. The molecule has 0 heterocycles. The van der Waals surface area contributed by atoms with Crippen molar-refractivity contribution in [3.8, 4) is 0 Å². The zero-order valence-corrected chi connectivity index (χ0v) is 22.2. The fourth-order valence-corrected chi connectivity index (χ4v) is 5.36. The van der Waals surface area contributed by atoms with Gasteiger partial charge in [-0.1, -0.05) is 110 Å². The molecule has 0 spiro atoms. The van der Waals surface area contributed by atoms with Crippen molar-refractivity contribution in [3.63, 3.8) is 0 Å². The maximum atomic E-state index is 13.2. The fraction of sp³-hybridized carbons (Fsp3) is 0.931. The molecule has 0 aromatic rings. The van der Waals surface area contributed by atoms with Crippen LogP contribution in [0.1, 0.15) is 156 Å². The van der Waals surface area contributed by atoms with Crippen LogP contribution in [0.5, 0.6) is 0 Å². The van der Waals surface area contributed by atoms with Gasteiger partial charge in [-0.2, -0.15) is 0 Å². The lowest BCUT2D eigenvalue weighted by Gasteiger charge is -2.37. The highest BCUT2D eigenvalue weighted by Gasteiger charge is 2.48. The molecule has 33 heavy (non-hydrogen) atoms. The molecule has 194 valence electrons. The molecule has 3 unspecified atom stereocenters. The molecule has 1 N–H and O–H groups in total. The Morgan fingerprint density at radius 1 is 0.788 bits per heavy atom. The zero-order chi connectivity index (χ0) is 24.4. The number of hydrogen-bond donors (Lipinski definition) is 1. The third kappa shape index (κ3) is 12.3. The number of unbranched alkanes of at least 4 members (excludes halogenated alkanes) is 13. The molecule has 1 rings (SSSR count). The van der Waals surface area contributed by atoms with Crippen molar-refractivity contribution in [2.45, 2.75) is 162 Å². The highest BCUT2D eigenvalue weighted by molar-refractivity contribution is 5.84. The predicted molar refractivity (Wildman–Crippen MR) is 137 cm³/mol. The number of aliphatic carboxylic acids is 1. The first-order valence-electron chi connectivity index (χ1n) is 14.4. The van der Waals surface area contributed by atoms with E-state index in [2.05, 4.69) is 13.8 Å². The molecule has 0 aromatic heterocycles. The van der Waals surface area contributed by atoms with E-state index in [-0.39, 0.29) is 12.1 Å². The highest BCUT2D eigenvalue weighted by Crippen LogP contribution is 2.42. The molecular formula is C29H54O4. The van der Waals surface area contributed by atoms with E-state index in [0.717, 1.165) is 38.5 Å². The van der Waals surface area contributed by atoms with Crippen molar-refractivity contribution in [3.05, 3.63) is 0 Å². The monoisotopic (exact) mass is 466 g/mol. The standard InChI is InChI=1S/C29H54O4/c1-4-6-8-10-12-14-16-18-22-25(21-17-15-13-11-9-7-5-2)33-28(32)29(3)24-20-19-23-26(29)27(30)31/h25-26H,4-24H2,1-3H3,(H,30,31). The molecule has 0 bridgehead atoms. The van der Waals surface area contributed by atoms with Gasteiger partial charge in [-0.15, -0.1) is 0 Å². The Labute approximate surface area is 204 Å². The predicted octanol–water partition coefficient (Wildman–Crippen LogP) is 8.85. The van der Waals surface area contributed by atoms with Gasteiger partial charge in [0.25, 0.3) is 0 Å². The Morgan fingerprint density at radius 2 is 1.24 bits per heavy atom. The smallest absolute Gasteiger partial charge is 0.312 e. The summed E-state index contributed by atoms with van der Waals surface area (Å²) in [7, 11) is 0. The summed E-state index contributed by atoms with van der Waals surface area (Å²) in [5, 5.41) is 9.69. The van der Waals surface area contributed by atoms with E-state index in [1.165, 1.54) is 83.5 Å². The largest absolute Gasteiger partial charge is 0.481 e. The molecule has 0 amide bonds. The van der Waals surface area contributed by atoms with E-state index in [1.807, 2.05) is 6.92 Å². The zero-order valence-electron chi connectivity index (χ0n) is 22.2. The van der Waals surface area contributed by atoms with Crippen molar-refractivity contribution in [2.24, 2.45) is 11.3 Å². The lowest BCUT2D eigenvalue weighted by molar-refractivity contribution is -0.174. The summed E-state index contributed by atoms with van der Waals surface area (Å²) in [6, 6.07) is 0. The quantitative estimate of drug-likeness (QED) is 0.144. The Balaban J connectivity index is 2.51. The van der Waals surface area contributed by atoms with E-state index in [1.54, 1.807) is 0 Å². The van der Waals surface area contributed by atoms with E-state index in [9.17, 15) is 14.7 Å². The maximum Gasteiger partial charge on any atom is 0.312 e. The molecule has 1 aliphatic rings. The van der Waals surface area contributed by atoms with Crippen LogP contribution in [0.2, 0.25) is 0 Å². The second-order valence-electron chi connectivity index (χ2n) is 10.8. The highest BCUT2D eigenvalue weighted by atomic mass is 16.5. The minimum Gasteiger partial charge on any atom is -0.481 e. The summed E-state index contributed by atoms with van der Waals surface area (Å²) >= 11 is 0. The second-order valence-corrected chi connectivity index (χ2v) is 10.8. The first kappa shape index (κ1) is 30.0. The van der Waals surface area contributed by atoms with Gasteiger partial charge in [0.05, 0.1) is 11.3 Å². The maximum absolute atomic E-state index is 13.2. The molecule has 1 fully saturated rings. The van der Waals surface area contributed by atoms with Gasteiger partial charge in [-0.3, -0.25) is 9.59 Å². The molecule has 1 aliphatic carbocycles. The summed E-state index contributed by atoms with van der Waals surface area (Å²) in [5.74, 6) is -1.72. The van der Waals surface area contributed by atoms with E-state index in [4.69, 9.17) is 4.74 Å². The third-order valence-corrected chi connectivity index (χ3v) is 7.76. The van der Waals surface area contributed by atoms with Gasteiger partial charge in [0, 0.05) is 0 Å². The van der Waals surface area contributed by atoms with Crippen molar-refractivity contribution in [1.82, 2.24) is 0 Å². The van der Waals surface area contributed by atoms with Crippen LogP contribution in [0.4, 0.5) is 0 Å². The van der Waals surface area contributed by atoms with Gasteiger partial charge >= 0.3 is 11.9 Å². The van der Waals surface area contributed by atoms with Crippen molar-refractivity contribution in [2.75, 3.05) is 0 Å². The molecule has 0 radical (unpaired) electrons. The first-order chi connectivity index (χ1) is 16.0. The SMILES string of the molecule is CCCCCCCCCCC(CCCCCCCCC)OC(=O)C1(C)CCCCC1C(=O)O. The van der Waals surface area contributed by atoms with Crippen molar-refractivity contribution < 1.29 is 19.4 Å². The second kappa shape index (κ2) is 18.3. The minimum absolute atomic E-state index is 0.0542. The average molecular weight is 467 g/mol. The van der Waals surface area contributed by atoms with Crippen LogP contribution < -0.4 is 0 Å². The minimum atomic E-state index is -0.873. The van der Waals surface area contributed by atoms with Crippen LogP contribution in [0.3, 0.4) is 0 Å². The number of esters is 1. The van der Waals surface area contributed by atoms with Gasteiger partial charge < -0.3 is 9.84 Å². The van der Waals surface area contributed by atoms with Crippen LogP contribution in [0, 0.1) is 11.3 Å².